The second kappa shape index (κ2) is 5.12. The molecule has 0 saturated heterocycles. The van der Waals surface area contributed by atoms with Gasteiger partial charge in [-0.15, -0.1) is 0 Å². The van der Waals surface area contributed by atoms with Crippen LogP contribution in [0.1, 0.15) is 10.4 Å². The van der Waals surface area contributed by atoms with Crippen LogP contribution >= 0.6 is 0 Å². The number of alkyl halides is 3. The van der Waals surface area contributed by atoms with Crippen LogP contribution < -0.4 is 9.47 Å². The van der Waals surface area contributed by atoms with Crippen LogP contribution in [-0.2, 0) is 0 Å². The maximum absolute atomic E-state index is 12.3. The number of ketones is 1. The standard InChI is InChI=1S/C10H8F3NO5/c1-18-7-4-5(9(15)10(11,12)13)3-6(14(16)17)8(7)19-2/h3-4H,1-2H3. The van der Waals surface area contributed by atoms with Crippen molar-refractivity contribution in [3.63, 3.8) is 0 Å². The van der Waals surface area contributed by atoms with E-state index in [9.17, 15) is 28.1 Å². The summed E-state index contributed by atoms with van der Waals surface area (Å²) in [6.07, 6.45) is -5.13. The molecule has 0 aliphatic heterocycles. The fourth-order valence-electron chi connectivity index (χ4n) is 1.37. The lowest BCUT2D eigenvalue weighted by atomic mass is 10.1. The van der Waals surface area contributed by atoms with Crippen molar-refractivity contribution in [2.45, 2.75) is 6.18 Å². The molecular formula is C10H8F3NO5. The number of nitrogens with zero attached hydrogens (tertiary/aromatic N) is 1. The first-order valence-electron chi connectivity index (χ1n) is 4.74. The van der Waals surface area contributed by atoms with Crippen molar-refractivity contribution in [2.24, 2.45) is 0 Å². The normalized spacial score (nSPS) is 11.0. The quantitative estimate of drug-likeness (QED) is 0.480. The van der Waals surface area contributed by atoms with Gasteiger partial charge in [-0.3, -0.25) is 14.9 Å². The zero-order valence-electron chi connectivity index (χ0n) is 9.78. The van der Waals surface area contributed by atoms with E-state index in [0.717, 1.165) is 20.3 Å². The average Bonchev–Trinajstić information content (AvgIpc) is 2.34. The Balaban J connectivity index is 3.50. The van der Waals surface area contributed by atoms with Crippen molar-refractivity contribution in [2.75, 3.05) is 14.2 Å². The highest BCUT2D eigenvalue weighted by atomic mass is 19.4. The summed E-state index contributed by atoms with van der Waals surface area (Å²) in [6.45, 7) is 0. The van der Waals surface area contributed by atoms with Gasteiger partial charge >= 0.3 is 11.9 Å². The van der Waals surface area contributed by atoms with Crippen LogP contribution in [0.3, 0.4) is 0 Å². The van der Waals surface area contributed by atoms with Crippen LogP contribution in [0.15, 0.2) is 12.1 Å². The van der Waals surface area contributed by atoms with Gasteiger partial charge in [0.25, 0.3) is 5.78 Å². The molecule has 0 radical (unpaired) electrons. The largest absolute Gasteiger partial charge is 0.493 e. The monoisotopic (exact) mass is 279 g/mol. The average molecular weight is 279 g/mol. The van der Waals surface area contributed by atoms with Crippen LogP contribution in [0.25, 0.3) is 0 Å². The Morgan fingerprint density at radius 3 is 2.21 bits per heavy atom. The van der Waals surface area contributed by atoms with E-state index in [1.54, 1.807) is 0 Å². The van der Waals surface area contributed by atoms with E-state index in [1.807, 2.05) is 0 Å². The van der Waals surface area contributed by atoms with Gasteiger partial charge in [0.1, 0.15) is 0 Å². The number of halogens is 3. The molecule has 104 valence electrons. The van der Waals surface area contributed by atoms with Gasteiger partial charge in [-0.1, -0.05) is 0 Å². The van der Waals surface area contributed by atoms with E-state index >= 15 is 0 Å². The molecule has 0 atom stereocenters. The number of nitro benzene ring substituents is 1. The molecule has 0 aliphatic rings. The molecule has 19 heavy (non-hydrogen) atoms. The van der Waals surface area contributed by atoms with Crippen molar-refractivity contribution in [1.82, 2.24) is 0 Å². The Hall–Kier alpha value is -2.32. The Kier molecular flexibility index (Phi) is 3.98. The van der Waals surface area contributed by atoms with Gasteiger partial charge in [-0.05, 0) is 6.07 Å². The molecule has 0 amide bonds. The van der Waals surface area contributed by atoms with Gasteiger partial charge < -0.3 is 9.47 Å². The zero-order chi connectivity index (χ0) is 14.8. The van der Waals surface area contributed by atoms with Gasteiger partial charge in [-0.25, -0.2) is 0 Å². The van der Waals surface area contributed by atoms with E-state index in [0.29, 0.717) is 6.07 Å². The fourth-order valence-corrected chi connectivity index (χ4v) is 1.37. The van der Waals surface area contributed by atoms with Crippen LogP contribution in [0, 0.1) is 10.1 Å². The van der Waals surface area contributed by atoms with Gasteiger partial charge in [0.05, 0.1) is 19.1 Å². The molecule has 0 aromatic heterocycles. The van der Waals surface area contributed by atoms with Crippen LogP contribution in [0.4, 0.5) is 18.9 Å². The first kappa shape index (κ1) is 14.7. The summed E-state index contributed by atoms with van der Waals surface area (Å²) in [6, 6.07) is 1.23. The molecule has 0 fully saturated rings. The highest BCUT2D eigenvalue weighted by molar-refractivity contribution is 6.01. The number of ether oxygens (including phenoxy) is 2. The molecule has 0 N–H and O–H groups in total. The Morgan fingerprint density at radius 2 is 1.84 bits per heavy atom. The number of Topliss-reactive ketones (excluding diaryl/α,β-unsaturated/α-hetero) is 1. The molecule has 0 heterocycles. The SMILES string of the molecule is COc1cc(C(=O)C(F)(F)F)cc([N+](=O)[O-])c1OC. The van der Waals surface area contributed by atoms with Crippen molar-refractivity contribution in [3.8, 4) is 11.5 Å². The number of carbonyl (C=O) groups is 1. The van der Waals surface area contributed by atoms with Crippen LogP contribution in [-0.4, -0.2) is 31.1 Å². The minimum atomic E-state index is -5.13. The molecular weight excluding hydrogens is 271 g/mol. The highest BCUT2D eigenvalue weighted by Crippen LogP contribution is 2.39. The summed E-state index contributed by atoms with van der Waals surface area (Å²) in [4.78, 5) is 20.9. The lowest BCUT2D eigenvalue weighted by molar-refractivity contribution is -0.385. The smallest absolute Gasteiger partial charge is 0.454 e. The fraction of sp³-hybridized carbons (Fsp3) is 0.300. The Morgan fingerprint density at radius 1 is 1.26 bits per heavy atom. The molecule has 0 bridgehead atoms. The van der Waals surface area contributed by atoms with E-state index < -0.39 is 28.1 Å². The van der Waals surface area contributed by atoms with Gasteiger partial charge in [0, 0.05) is 11.6 Å². The number of rotatable bonds is 4. The zero-order valence-corrected chi connectivity index (χ0v) is 9.78. The number of carbonyl (C=O) groups excluding carboxylic acids is 1. The van der Waals surface area contributed by atoms with Gasteiger partial charge in [-0.2, -0.15) is 13.2 Å². The summed E-state index contributed by atoms with van der Waals surface area (Å²) < 4.78 is 46.3. The summed E-state index contributed by atoms with van der Waals surface area (Å²) in [5.41, 5.74) is -1.67. The van der Waals surface area contributed by atoms with Gasteiger partial charge in [0.2, 0.25) is 5.75 Å². The lowest BCUT2D eigenvalue weighted by Gasteiger charge is -2.11. The van der Waals surface area contributed by atoms with Crippen molar-refractivity contribution in [3.05, 3.63) is 27.8 Å². The molecule has 0 unspecified atom stereocenters. The maximum Gasteiger partial charge on any atom is 0.454 e. The number of nitro groups is 1. The third-order valence-electron chi connectivity index (χ3n) is 2.18. The molecule has 6 nitrogen and oxygen atoms in total. The van der Waals surface area contributed by atoms with E-state index in [1.165, 1.54) is 0 Å². The predicted molar refractivity (Wildman–Crippen MR) is 56.6 cm³/mol. The molecule has 1 aromatic carbocycles. The molecule has 0 saturated carbocycles. The second-order valence-corrected chi connectivity index (χ2v) is 3.31. The molecule has 0 spiro atoms. The summed E-state index contributed by atoms with van der Waals surface area (Å²) in [7, 11) is 2.18. The highest BCUT2D eigenvalue weighted by Gasteiger charge is 2.40. The Bertz CT molecular complexity index is 527. The minimum absolute atomic E-state index is 0.329. The molecule has 0 aliphatic carbocycles. The first-order valence-corrected chi connectivity index (χ1v) is 4.74. The van der Waals surface area contributed by atoms with Crippen molar-refractivity contribution in [1.29, 1.82) is 0 Å². The summed E-state index contributed by atoms with van der Waals surface area (Å²) in [5.74, 6) is -2.88. The number of hydrogen-bond acceptors (Lipinski definition) is 5. The Labute approximate surface area is 104 Å². The second-order valence-electron chi connectivity index (χ2n) is 3.31. The first-order chi connectivity index (χ1) is 8.72. The predicted octanol–water partition coefficient (Wildman–Crippen LogP) is 2.36. The van der Waals surface area contributed by atoms with Crippen LogP contribution in [0.2, 0.25) is 0 Å². The summed E-state index contributed by atoms with van der Waals surface area (Å²) in [5, 5.41) is 10.8. The lowest BCUT2D eigenvalue weighted by Crippen LogP contribution is -2.22. The van der Waals surface area contributed by atoms with Crippen LogP contribution in [0.5, 0.6) is 11.5 Å². The summed E-state index contributed by atoms with van der Waals surface area (Å²) >= 11 is 0. The minimum Gasteiger partial charge on any atom is -0.493 e. The molecule has 1 rings (SSSR count). The molecule has 9 heteroatoms. The van der Waals surface area contributed by atoms with E-state index in [4.69, 9.17) is 0 Å². The third kappa shape index (κ3) is 2.92. The van der Waals surface area contributed by atoms with Gasteiger partial charge in [0.15, 0.2) is 5.75 Å². The third-order valence-corrected chi connectivity index (χ3v) is 2.18. The topological polar surface area (TPSA) is 78.7 Å². The van der Waals surface area contributed by atoms with E-state index in [-0.39, 0.29) is 11.5 Å². The number of hydrogen-bond donors (Lipinski definition) is 0. The molecule has 1 aromatic rings. The number of methoxy groups -OCH3 is 2. The number of benzene rings is 1. The van der Waals surface area contributed by atoms with E-state index in [2.05, 4.69) is 9.47 Å². The maximum atomic E-state index is 12.3. The van der Waals surface area contributed by atoms with Crippen molar-refractivity contribution >= 4 is 11.5 Å². The van der Waals surface area contributed by atoms with Crippen molar-refractivity contribution < 1.29 is 32.4 Å².